The number of carbonyl (C=O) groups excluding carboxylic acids is 1. The van der Waals surface area contributed by atoms with Crippen molar-refractivity contribution in [3.8, 4) is 0 Å². The van der Waals surface area contributed by atoms with E-state index < -0.39 is 23.1 Å². The van der Waals surface area contributed by atoms with Crippen molar-refractivity contribution in [1.29, 1.82) is 0 Å². The lowest BCUT2D eigenvalue weighted by molar-refractivity contribution is 0.0557. The average molecular weight is 270 g/mol. The Hall–Kier alpha value is -1.69. The number of hydrogen-bond donors (Lipinski definition) is 1. The van der Waals surface area contributed by atoms with Gasteiger partial charge in [0.25, 0.3) is 5.91 Å². The van der Waals surface area contributed by atoms with Gasteiger partial charge >= 0.3 is 0 Å². The van der Waals surface area contributed by atoms with Crippen molar-refractivity contribution in [2.24, 2.45) is 0 Å². The highest BCUT2D eigenvalue weighted by Crippen LogP contribution is 2.21. The molecule has 104 valence electrons. The van der Waals surface area contributed by atoms with Gasteiger partial charge in [0, 0.05) is 19.7 Å². The number of nitrogen functional groups attached to an aromatic ring is 1. The fraction of sp³-hybridized carbons (Fsp3) is 0.462. The molecule has 19 heavy (non-hydrogen) atoms. The van der Waals surface area contributed by atoms with E-state index in [4.69, 9.17) is 10.5 Å². The van der Waals surface area contributed by atoms with Crippen LogP contribution in [-0.2, 0) is 4.74 Å². The van der Waals surface area contributed by atoms with Gasteiger partial charge in [0.2, 0.25) is 0 Å². The predicted molar refractivity (Wildman–Crippen MR) is 66.7 cm³/mol. The summed E-state index contributed by atoms with van der Waals surface area (Å²) in [6, 6.07) is 2.11. The summed E-state index contributed by atoms with van der Waals surface area (Å²) in [7, 11) is 0. The second kappa shape index (κ2) is 5.52. The van der Waals surface area contributed by atoms with Crippen LogP contribution in [0.2, 0.25) is 0 Å². The van der Waals surface area contributed by atoms with E-state index in [1.54, 1.807) is 0 Å². The molecule has 1 heterocycles. The van der Waals surface area contributed by atoms with Crippen LogP contribution in [0.15, 0.2) is 12.1 Å². The smallest absolute Gasteiger partial charge is 0.260 e. The molecule has 1 amide bonds. The highest BCUT2D eigenvalue weighted by Gasteiger charge is 2.26. The average Bonchev–Trinajstić information content (AvgIpc) is 2.59. The molecule has 4 nitrogen and oxygen atoms in total. The number of amides is 1. The van der Waals surface area contributed by atoms with E-state index in [9.17, 15) is 13.6 Å². The fourth-order valence-corrected chi connectivity index (χ4v) is 2.10. The van der Waals surface area contributed by atoms with Crippen molar-refractivity contribution < 1.29 is 18.3 Å². The minimum absolute atomic E-state index is 0.154. The molecule has 1 aromatic carbocycles. The maximum atomic E-state index is 13.8. The summed E-state index contributed by atoms with van der Waals surface area (Å²) in [6.07, 6.45) is 0.486. The topological polar surface area (TPSA) is 55.6 Å². The number of anilines is 1. The van der Waals surface area contributed by atoms with E-state index in [-0.39, 0.29) is 11.8 Å². The summed E-state index contributed by atoms with van der Waals surface area (Å²) in [5, 5.41) is 0. The Morgan fingerprint density at radius 1 is 1.47 bits per heavy atom. The molecule has 0 saturated carbocycles. The molecule has 1 unspecified atom stereocenters. The number of halogens is 2. The van der Waals surface area contributed by atoms with Gasteiger partial charge in [-0.15, -0.1) is 0 Å². The van der Waals surface area contributed by atoms with Crippen LogP contribution in [0, 0.1) is 11.6 Å². The van der Waals surface area contributed by atoms with Gasteiger partial charge in [-0.3, -0.25) is 4.79 Å². The van der Waals surface area contributed by atoms with Crippen molar-refractivity contribution in [2.75, 3.05) is 25.4 Å². The normalized spacial score (nSPS) is 20.2. The first-order valence-electron chi connectivity index (χ1n) is 6.15. The standard InChI is InChI=1S/C13H16F2N2O2/c1-8-7-17(5-2-6-19-8)13(18)11-9(14)3-4-10(16)12(11)15/h3-4,8H,2,5-7,16H2,1H3. The second-order valence-electron chi connectivity index (χ2n) is 4.61. The molecule has 0 aromatic heterocycles. The second-order valence-corrected chi connectivity index (χ2v) is 4.61. The van der Waals surface area contributed by atoms with E-state index in [1.165, 1.54) is 4.90 Å². The third-order valence-electron chi connectivity index (χ3n) is 3.07. The van der Waals surface area contributed by atoms with E-state index in [1.807, 2.05) is 6.92 Å². The largest absolute Gasteiger partial charge is 0.396 e. The Labute approximate surface area is 110 Å². The van der Waals surface area contributed by atoms with Crippen molar-refractivity contribution in [3.05, 3.63) is 29.3 Å². The zero-order valence-electron chi connectivity index (χ0n) is 10.7. The first kappa shape index (κ1) is 13.7. The van der Waals surface area contributed by atoms with Crippen LogP contribution in [0.3, 0.4) is 0 Å². The first-order valence-corrected chi connectivity index (χ1v) is 6.15. The number of carbonyl (C=O) groups is 1. The molecule has 0 spiro atoms. The Morgan fingerprint density at radius 3 is 2.95 bits per heavy atom. The van der Waals surface area contributed by atoms with E-state index >= 15 is 0 Å². The van der Waals surface area contributed by atoms with Gasteiger partial charge in [-0.25, -0.2) is 8.78 Å². The van der Waals surface area contributed by atoms with Gasteiger partial charge in [0.05, 0.1) is 11.8 Å². The molecule has 0 aliphatic carbocycles. The lowest BCUT2D eigenvalue weighted by Crippen LogP contribution is -2.37. The van der Waals surface area contributed by atoms with Crippen LogP contribution in [0.1, 0.15) is 23.7 Å². The summed E-state index contributed by atoms with van der Waals surface area (Å²) in [4.78, 5) is 13.6. The highest BCUT2D eigenvalue weighted by atomic mass is 19.1. The van der Waals surface area contributed by atoms with Gasteiger partial charge in [0.1, 0.15) is 11.4 Å². The molecule has 1 saturated heterocycles. The van der Waals surface area contributed by atoms with Crippen LogP contribution in [0.25, 0.3) is 0 Å². The zero-order valence-corrected chi connectivity index (χ0v) is 10.7. The summed E-state index contributed by atoms with van der Waals surface area (Å²) in [5.41, 5.74) is 4.56. The van der Waals surface area contributed by atoms with Crippen molar-refractivity contribution in [2.45, 2.75) is 19.4 Å². The third kappa shape index (κ3) is 2.84. The number of nitrogens with two attached hydrogens (primary N) is 1. The number of benzene rings is 1. The van der Waals surface area contributed by atoms with Gasteiger partial charge in [0.15, 0.2) is 5.82 Å². The predicted octanol–water partition coefficient (Wildman–Crippen LogP) is 1.80. The molecule has 2 N–H and O–H groups in total. The maximum absolute atomic E-state index is 13.8. The van der Waals surface area contributed by atoms with Gasteiger partial charge < -0.3 is 15.4 Å². The Morgan fingerprint density at radius 2 is 2.21 bits per heavy atom. The lowest BCUT2D eigenvalue weighted by Gasteiger charge is -2.22. The maximum Gasteiger partial charge on any atom is 0.260 e. The molecule has 1 atom stereocenters. The SMILES string of the molecule is CC1CN(C(=O)c2c(F)ccc(N)c2F)CCCO1. The molecule has 1 aromatic rings. The summed E-state index contributed by atoms with van der Waals surface area (Å²) in [5.74, 6) is -2.57. The van der Waals surface area contributed by atoms with Crippen LogP contribution >= 0.6 is 0 Å². The van der Waals surface area contributed by atoms with Crippen LogP contribution in [0.4, 0.5) is 14.5 Å². The molecule has 1 fully saturated rings. The van der Waals surface area contributed by atoms with Gasteiger partial charge in [-0.1, -0.05) is 0 Å². The molecular weight excluding hydrogens is 254 g/mol. The Kier molecular flexibility index (Phi) is 3.99. The summed E-state index contributed by atoms with van der Waals surface area (Å²) < 4.78 is 32.9. The minimum atomic E-state index is -0.997. The van der Waals surface area contributed by atoms with Crippen LogP contribution in [-0.4, -0.2) is 36.6 Å². The Balaban J connectivity index is 2.31. The molecule has 0 radical (unpaired) electrons. The fourth-order valence-electron chi connectivity index (χ4n) is 2.10. The van der Waals surface area contributed by atoms with Gasteiger partial charge in [-0.2, -0.15) is 0 Å². The zero-order chi connectivity index (χ0) is 14.0. The monoisotopic (exact) mass is 270 g/mol. The van der Waals surface area contributed by atoms with Crippen molar-refractivity contribution in [3.63, 3.8) is 0 Å². The van der Waals surface area contributed by atoms with Gasteiger partial charge in [-0.05, 0) is 25.5 Å². The molecule has 0 bridgehead atoms. The molecular formula is C13H16F2N2O2. The molecule has 2 rings (SSSR count). The highest BCUT2D eigenvalue weighted by molar-refractivity contribution is 5.95. The molecule has 1 aliphatic rings. The van der Waals surface area contributed by atoms with E-state index in [0.717, 1.165) is 12.1 Å². The van der Waals surface area contributed by atoms with Crippen LogP contribution < -0.4 is 5.73 Å². The third-order valence-corrected chi connectivity index (χ3v) is 3.07. The summed E-state index contributed by atoms with van der Waals surface area (Å²) in [6.45, 7) is 3.08. The van der Waals surface area contributed by atoms with Crippen LogP contribution in [0.5, 0.6) is 0 Å². The minimum Gasteiger partial charge on any atom is -0.396 e. The molecule has 1 aliphatic heterocycles. The first-order chi connectivity index (χ1) is 9.00. The number of hydrogen-bond acceptors (Lipinski definition) is 3. The number of ether oxygens (including phenoxy) is 1. The Bertz CT molecular complexity index is 494. The van der Waals surface area contributed by atoms with E-state index in [0.29, 0.717) is 26.1 Å². The summed E-state index contributed by atoms with van der Waals surface area (Å²) >= 11 is 0. The molecule has 6 heteroatoms. The van der Waals surface area contributed by atoms with Crippen molar-refractivity contribution >= 4 is 11.6 Å². The van der Waals surface area contributed by atoms with Crippen molar-refractivity contribution in [1.82, 2.24) is 4.90 Å². The number of nitrogens with zero attached hydrogens (tertiary/aromatic N) is 1. The number of rotatable bonds is 1. The lowest BCUT2D eigenvalue weighted by atomic mass is 10.1. The quantitative estimate of drug-likeness (QED) is 0.792. The van der Waals surface area contributed by atoms with E-state index in [2.05, 4.69) is 0 Å².